The molecule has 1 saturated carbocycles. The first kappa shape index (κ1) is 18.7. The maximum Gasteiger partial charge on any atom is 0.283 e. The second-order valence-corrected chi connectivity index (χ2v) is 8.81. The van der Waals surface area contributed by atoms with Gasteiger partial charge in [-0.05, 0) is 55.7 Å². The molecule has 144 valence electrons. The molecule has 6 heteroatoms. The molecule has 1 aliphatic carbocycles. The van der Waals surface area contributed by atoms with Gasteiger partial charge in [0, 0.05) is 41.2 Å². The third kappa shape index (κ3) is 3.43. The molecule has 1 atom stereocenters. The van der Waals surface area contributed by atoms with Crippen LogP contribution in [-0.2, 0) is 15.1 Å². The maximum atomic E-state index is 10.8. The summed E-state index contributed by atoms with van der Waals surface area (Å²) in [4.78, 5) is 20.9. The van der Waals surface area contributed by atoms with Gasteiger partial charge >= 0.3 is 0 Å². The average Bonchev–Trinajstić information content (AvgIpc) is 3.12. The van der Waals surface area contributed by atoms with Crippen molar-refractivity contribution in [2.75, 3.05) is 0 Å². The molecule has 0 bridgehead atoms. The average molecular weight is 394 g/mol. The maximum absolute atomic E-state index is 10.8. The summed E-state index contributed by atoms with van der Waals surface area (Å²) in [6.07, 6.45) is 7.70. The van der Waals surface area contributed by atoms with Crippen LogP contribution in [0.5, 0.6) is 0 Å². The highest BCUT2D eigenvalue weighted by molar-refractivity contribution is 7.10. The van der Waals surface area contributed by atoms with E-state index in [0.29, 0.717) is 12.3 Å². The number of carbonyl (C=O) groups is 1. The zero-order valence-corrected chi connectivity index (χ0v) is 16.9. The van der Waals surface area contributed by atoms with Crippen molar-refractivity contribution in [3.05, 3.63) is 40.3 Å². The second-order valence-electron chi connectivity index (χ2n) is 7.90. The molecule has 5 nitrogen and oxygen atoms in total. The summed E-state index contributed by atoms with van der Waals surface area (Å²) in [6, 6.07) is 4.47. The van der Waals surface area contributed by atoms with Crippen molar-refractivity contribution >= 4 is 23.6 Å². The molecule has 1 unspecified atom stereocenters. The molecule has 2 aromatic heterocycles. The fourth-order valence-electron chi connectivity index (χ4n) is 4.44. The molecular formula is C22H23N3O2S. The summed E-state index contributed by atoms with van der Waals surface area (Å²) in [5, 5.41) is 2.13. The van der Waals surface area contributed by atoms with Gasteiger partial charge in [-0.1, -0.05) is 5.92 Å². The third-order valence-electron chi connectivity index (χ3n) is 5.57. The molecule has 0 aromatic carbocycles. The molecule has 0 saturated heterocycles. The van der Waals surface area contributed by atoms with E-state index in [1.54, 1.807) is 17.5 Å². The summed E-state index contributed by atoms with van der Waals surface area (Å²) in [5.41, 5.74) is 8.39. The summed E-state index contributed by atoms with van der Waals surface area (Å²) >= 11 is 1.68. The fourth-order valence-corrected chi connectivity index (χ4v) is 5.46. The number of thiophene rings is 1. The first-order chi connectivity index (χ1) is 13.5. The summed E-state index contributed by atoms with van der Waals surface area (Å²) in [7, 11) is 0. The molecular weight excluding hydrogens is 370 g/mol. The van der Waals surface area contributed by atoms with E-state index in [4.69, 9.17) is 10.5 Å². The van der Waals surface area contributed by atoms with E-state index in [-0.39, 0.29) is 11.6 Å². The van der Waals surface area contributed by atoms with E-state index >= 15 is 0 Å². The van der Waals surface area contributed by atoms with Gasteiger partial charge in [0.2, 0.25) is 0 Å². The van der Waals surface area contributed by atoms with Crippen LogP contribution in [0.15, 0.2) is 34.9 Å². The summed E-state index contributed by atoms with van der Waals surface area (Å²) < 4.78 is 5.93. The van der Waals surface area contributed by atoms with Crippen molar-refractivity contribution in [3.63, 3.8) is 0 Å². The normalized spacial score (nSPS) is 28.5. The number of aromatic nitrogens is 1. The van der Waals surface area contributed by atoms with Crippen LogP contribution in [0.2, 0.25) is 0 Å². The molecule has 2 aromatic rings. The topological polar surface area (TPSA) is 77.6 Å². The Morgan fingerprint density at radius 1 is 1.36 bits per heavy atom. The number of hydrogen-bond donors (Lipinski definition) is 1. The zero-order valence-electron chi connectivity index (χ0n) is 16.1. The molecule has 28 heavy (non-hydrogen) atoms. The van der Waals surface area contributed by atoms with Crippen LogP contribution < -0.4 is 5.73 Å². The van der Waals surface area contributed by atoms with Crippen molar-refractivity contribution in [2.45, 2.75) is 50.7 Å². The number of aliphatic imine (C=N–C) groups is 1. The monoisotopic (exact) mass is 393 g/mol. The van der Waals surface area contributed by atoms with Crippen molar-refractivity contribution in [1.82, 2.24) is 4.98 Å². The standard InChI is InChI=1S/C22H23N3O2S/c1-3-4-15-7-17(12-24-11-15)18-8-19(28-13-18)21(2)14-22(27-20(23)25-21)9-16(10-22)5-6-26/h6-8,11-13,16H,5,9-10,14H2,1-2H3,(H2,23,25). The Morgan fingerprint density at radius 3 is 2.93 bits per heavy atom. The van der Waals surface area contributed by atoms with Crippen molar-refractivity contribution < 1.29 is 9.53 Å². The van der Waals surface area contributed by atoms with Gasteiger partial charge < -0.3 is 15.3 Å². The van der Waals surface area contributed by atoms with Gasteiger partial charge in [-0.3, -0.25) is 4.98 Å². The Bertz CT molecular complexity index is 994. The Kier molecular flexibility index (Phi) is 4.72. The van der Waals surface area contributed by atoms with Crippen LogP contribution in [-0.4, -0.2) is 22.9 Å². The van der Waals surface area contributed by atoms with Gasteiger partial charge in [-0.2, -0.15) is 0 Å². The van der Waals surface area contributed by atoms with Gasteiger partial charge in [0.05, 0.1) is 0 Å². The zero-order chi connectivity index (χ0) is 19.8. The number of carbonyl (C=O) groups excluding carboxylic acids is 1. The van der Waals surface area contributed by atoms with Crippen LogP contribution in [0, 0.1) is 17.8 Å². The van der Waals surface area contributed by atoms with E-state index in [2.05, 4.69) is 46.3 Å². The molecule has 3 heterocycles. The van der Waals surface area contributed by atoms with E-state index in [9.17, 15) is 4.79 Å². The smallest absolute Gasteiger partial charge is 0.283 e. The van der Waals surface area contributed by atoms with Gasteiger partial charge in [0.25, 0.3) is 6.02 Å². The Labute approximate surface area is 169 Å². The predicted molar refractivity (Wildman–Crippen MR) is 111 cm³/mol. The highest BCUT2D eigenvalue weighted by Crippen LogP contribution is 2.53. The highest BCUT2D eigenvalue weighted by Gasteiger charge is 2.53. The highest BCUT2D eigenvalue weighted by atomic mass is 32.1. The van der Waals surface area contributed by atoms with Gasteiger partial charge in [-0.15, -0.1) is 17.3 Å². The number of hydrogen-bond acceptors (Lipinski definition) is 6. The number of nitrogens with two attached hydrogens (primary N) is 1. The van der Waals surface area contributed by atoms with Crippen molar-refractivity contribution in [1.29, 1.82) is 0 Å². The Morgan fingerprint density at radius 2 is 2.18 bits per heavy atom. The van der Waals surface area contributed by atoms with Crippen LogP contribution in [0.25, 0.3) is 11.1 Å². The number of pyridine rings is 1. The first-order valence-electron chi connectivity index (χ1n) is 9.40. The predicted octanol–water partition coefficient (Wildman–Crippen LogP) is 3.87. The molecule has 0 amide bonds. The molecule has 2 aliphatic rings. The second kappa shape index (κ2) is 7.06. The largest absolute Gasteiger partial charge is 0.459 e. The minimum atomic E-state index is -0.425. The van der Waals surface area contributed by atoms with Crippen LogP contribution in [0.1, 0.15) is 50.0 Å². The van der Waals surface area contributed by atoms with Crippen LogP contribution >= 0.6 is 11.3 Å². The SMILES string of the molecule is CC#Cc1cncc(-c2csc(C3(C)CC4(CC(CC=O)C4)OC(N)=N3)c2)c1. The number of nitrogens with zero attached hydrogens (tertiary/aromatic N) is 2. The molecule has 1 fully saturated rings. The molecule has 1 spiro atoms. The van der Waals surface area contributed by atoms with Crippen LogP contribution in [0.4, 0.5) is 0 Å². The molecule has 1 aliphatic heterocycles. The lowest BCUT2D eigenvalue weighted by molar-refractivity contribution is -0.117. The van der Waals surface area contributed by atoms with E-state index < -0.39 is 5.54 Å². The number of aldehydes is 1. The van der Waals surface area contributed by atoms with E-state index in [0.717, 1.165) is 47.1 Å². The Balaban J connectivity index is 1.60. The lowest BCUT2D eigenvalue weighted by Gasteiger charge is -2.52. The van der Waals surface area contributed by atoms with Crippen molar-refractivity contribution in [2.24, 2.45) is 16.6 Å². The minimum Gasteiger partial charge on any atom is -0.459 e. The quantitative estimate of drug-likeness (QED) is 0.632. The van der Waals surface area contributed by atoms with E-state index in [1.807, 2.05) is 13.1 Å². The fraction of sp³-hybridized carbons (Fsp3) is 0.409. The van der Waals surface area contributed by atoms with Gasteiger partial charge in [0.15, 0.2) is 0 Å². The van der Waals surface area contributed by atoms with Crippen molar-refractivity contribution in [3.8, 4) is 23.0 Å². The molecule has 0 radical (unpaired) electrons. The molecule has 2 N–H and O–H groups in total. The first-order valence-corrected chi connectivity index (χ1v) is 10.3. The van der Waals surface area contributed by atoms with E-state index in [1.165, 1.54) is 0 Å². The number of amidine groups is 1. The van der Waals surface area contributed by atoms with Crippen LogP contribution in [0.3, 0.4) is 0 Å². The summed E-state index contributed by atoms with van der Waals surface area (Å²) in [6.45, 7) is 3.93. The lowest BCUT2D eigenvalue weighted by Crippen LogP contribution is -2.55. The van der Waals surface area contributed by atoms with Gasteiger partial charge in [-0.25, -0.2) is 4.99 Å². The third-order valence-corrected chi connectivity index (χ3v) is 6.75. The number of rotatable bonds is 4. The minimum absolute atomic E-state index is 0.245. The molecule has 4 rings (SSSR count). The lowest BCUT2D eigenvalue weighted by atomic mass is 9.64. The van der Waals surface area contributed by atoms with Gasteiger partial charge in [0.1, 0.15) is 17.4 Å². The number of ether oxygens (including phenoxy) is 1. The summed E-state index contributed by atoms with van der Waals surface area (Å²) in [5.74, 6) is 6.35. The Hall–Kier alpha value is -2.65.